The van der Waals surface area contributed by atoms with Gasteiger partial charge in [-0.1, -0.05) is 12.1 Å². The van der Waals surface area contributed by atoms with E-state index in [-0.39, 0.29) is 11.4 Å². The van der Waals surface area contributed by atoms with Crippen molar-refractivity contribution in [3.8, 4) is 6.07 Å². The Hall–Kier alpha value is -1.86. The van der Waals surface area contributed by atoms with Crippen LogP contribution in [0.25, 0.3) is 0 Å². The Kier molecular flexibility index (Phi) is 4.18. The molecule has 1 amide bonds. The highest BCUT2D eigenvalue weighted by atomic mass is 16.5. The van der Waals surface area contributed by atoms with Crippen molar-refractivity contribution in [2.75, 3.05) is 13.2 Å². The summed E-state index contributed by atoms with van der Waals surface area (Å²) in [7, 11) is 0. The summed E-state index contributed by atoms with van der Waals surface area (Å²) in [6.07, 6.45) is 2.06. The number of rotatable bonds is 3. The third-order valence-corrected chi connectivity index (χ3v) is 3.49. The zero-order valence-electron chi connectivity index (χ0n) is 11.1. The number of benzene rings is 1. The molecule has 19 heavy (non-hydrogen) atoms. The van der Waals surface area contributed by atoms with Crippen LogP contribution in [0.1, 0.15) is 30.9 Å². The Labute approximate surface area is 113 Å². The van der Waals surface area contributed by atoms with Gasteiger partial charge in [0.05, 0.1) is 18.1 Å². The lowest BCUT2D eigenvalue weighted by Crippen LogP contribution is -2.50. The zero-order valence-corrected chi connectivity index (χ0v) is 11.1. The molecule has 0 atom stereocenters. The van der Waals surface area contributed by atoms with Gasteiger partial charge in [-0.2, -0.15) is 5.26 Å². The van der Waals surface area contributed by atoms with E-state index in [9.17, 15) is 4.79 Å². The minimum absolute atomic E-state index is 0.0223. The van der Waals surface area contributed by atoms with Gasteiger partial charge < -0.3 is 10.1 Å². The fraction of sp³-hybridized carbons (Fsp3) is 0.467. The molecule has 4 nitrogen and oxygen atoms in total. The Morgan fingerprint density at radius 1 is 1.37 bits per heavy atom. The summed E-state index contributed by atoms with van der Waals surface area (Å²) in [5, 5.41) is 11.8. The van der Waals surface area contributed by atoms with Crippen LogP contribution in [0, 0.1) is 11.3 Å². The van der Waals surface area contributed by atoms with Gasteiger partial charge in [-0.25, -0.2) is 0 Å². The fourth-order valence-corrected chi connectivity index (χ4v) is 2.21. The lowest BCUT2D eigenvalue weighted by atomic mass is 9.92. The predicted octanol–water partition coefficient (Wildman–Crippen LogP) is 1.79. The van der Waals surface area contributed by atoms with E-state index in [1.807, 2.05) is 12.1 Å². The molecular weight excluding hydrogens is 240 g/mol. The SMILES string of the molecule is CC1(NC(=O)Cc2ccc(C#N)cc2)CCOCC1. The number of hydrogen-bond acceptors (Lipinski definition) is 3. The molecule has 1 aromatic rings. The van der Waals surface area contributed by atoms with Crippen LogP contribution in [0.4, 0.5) is 0 Å². The van der Waals surface area contributed by atoms with Crippen molar-refractivity contribution in [2.24, 2.45) is 0 Å². The molecule has 1 N–H and O–H groups in total. The van der Waals surface area contributed by atoms with E-state index in [0.717, 1.165) is 18.4 Å². The smallest absolute Gasteiger partial charge is 0.224 e. The molecule has 4 heteroatoms. The number of carbonyl (C=O) groups is 1. The van der Waals surface area contributed by atoms with E-state index in [2.05, 4.69) is 18.3 Å². The van der Waals surface area contributed by atoms with E-state index in [1.54, 1.807) is 12.1 Å². The summed E-state index contributed by atoms with van der Waals surface area (Å²) in [5.41, 5.74) is 1.38. The van der Waals surface area contributed by atoms with E-state index in [0.29, 0.717) is 25.2 Å². The molecule has 100 valence electrons. The second-order valence-electron chi connectivity index (χ2n) is 5.21. The Balaban J connectivity index is 1.91. The monoisotopic (exact) mass is 258 g/mol. The molecule has 1 saturated heterocycles. The van der Waals surface area contributed by atoms with Gasteiger partial charge in [0, 0.05) is 18.8 Å². The van der Waals surface area contributed by atoms with Crippen molar-refractivity contribution in [1.29, 1.82) is 5.26 Å². The normalized spacial score (nSPS) is 17.5. The maximum Gasteiger partial charge on any atom is 0.224 e. The predicted molar refractivity (Wildman–Crippen MR) is 71.5 cm³/mol. The molecule has 1 aromatic carbocycles. The van der Waals surface area contributed by atoms with E-state index < -0.39 is 0 Å². The minimum atomic E-state index is -0.151. The van der Waals surface area contributed by atoms with Crippen molar-refractivity contribution in [3.05, 3.63) is 35.4 Å². The maximum absolute atomic E-state index is 12.0. The third-order valence-electron chi connectivity index (χ3n) is 3.49. The molecule has 1 heterocycles. The summed E-state index contributed by atoms with van der Waals surface area (Å²) in [5.74, 6) is 0.0223. The van der Waals surface area contributed by atoms with Gasteiger partial charge in [-0.15, -0.1) is 0 Å². The van der Waals surface area contributed by atoms with E-state index in [4.69, 9.17) is 10.00 Å². The molecule has 0 bridgehead atoms. The number of nitriles is 1. The van der Waals surface area contributed by atoms with E-state index >= 15 is 0 Å². The number of ether oxygens (including phenoxy) is 1. The average Bonchev–Trinajstić information content (AvgIpc) is 2.39. The Bertz CT molecular complexity index is 482. The number of amides is 1. The summed E-state index contributed by atoms with van der Waals surface area (Å²) in [4.78, 5) is 12.0. The lowest BCUT2D eigenvalue weighted by molar-refractivity contribution is -0.123. The highest BCUT2D eigenvalue weighted by Gasteiger charge is 2.28. The zero-order chi connectivity index (χ0) is 13.7. The largest absolute Gasteiger partial charge is 0.381 e. The van der Waals surface area contributed by atoms with Gasteiger partial charge in [0.2, 0.25) is 5.91 Å². The molecule has 1 aliphatic heterocycles. The summed E-state index contributed by atoms with van der Waals surface area (Å²) >= 11 is 0. The third kappa shape index (κ3) is 3.80. The first-order chi connectivity index (χ1) is 9.11. The van der Waals surface area contributed by atoms with Crippen LogP contribution < -0.4 is 5.32 Å². The first-order valence-corrected chi connectivity index (χ1v) is 6.49. The lowest BCUT2D eigenvalue weighted by Gasteiger charge is -2.34. The molecule has 0 radical (unpaired) electrons. The summed E-state index contributed by atoms with van der Waals surface area (Å²) < 4.78 is 5.31. The van der Waals surface area contributed by atoms with Crippen LogP contribution in [0.15, 0.2) is 24.3 Å². The van der Waals surface area contributed by atoms with Crippen LogP contribution in [-0.4, -0.2) is 24.7 Å². The first kappa shape index (κ1) is 13.6. The molecule has 0 spiro atoms. The van der Waals surface area contributed by atoms with Crippen LogP contribution in [0.2, 0.25) is 0 Å². The van der Waals surface area contributed by atoms with Crippen LogP contribution in [0.5, 0.6) is 0 Å². The molecule has 0 aliphatic carbocycles. The van der Waals surface area contributed by atoms with E-state index in [1.165, 1.54) is 0 Å². The second kappa shape index (κ2) is 5.85. The van der Waals surface area contributed by atoms with Gasteiger partial charge in [0.25, 0.3) is 0 Å². The van der Waals surface area contributed by atoms with Gasteiger partial charge >= 0.3 is 0 Å². The summed E-state index contributed by atoms with van der Waals surface area (Å²) in [6, 6.07) is 9.18. The van der Waals surface area contributed by atoms with Gasteiger partial charge in [-0.3, -0.25) is 4.79 Å². The fourth-order valence-electron chi connectivity index (χ4n) is 2.21. The van der Waals surface area contributed by atoms with Gasteiger partial charge in [0.1, 0.15) is 0 Å². The molecule has 0 aromatic heterocycles. The average molecular weight is 258 g/mol. The van der Waals surface area contributed by atoms with Crippen LogP contribution in [0.3, 0.4) is 0 Å². The quantitative estimate of drug-likeness (QED) is 0.899. The van der Waals surface area contributed by atoms with Crippen LogP contribution in [-0.2, 0) is 16.0 Å². The molecule has 1 aliphatic rings. The number of nitrogens with one attached hydrogen (secondary N) is 1. The molecular formula is C15H18N2O2. The molecule has 2 rings (SSSR count). The molecule has 0 unspecified atom stereocenters. The maximum atomic E-state index is 12.0. The Morgan fingerprint density at radius 2 is 2.00 bits per heavy atom. The summed E-state index contributed by atoms with van der Waals surface area (Å²) in [6.45, 7) is 3.47. The van der Waals surface area contributed by atoms with Crippen molar-refractivity contribution in [3.63, 3.8) is 0 Å². The van der Waals surface area contributed by atoms with Crippen molar-refractivity contribution in [1.82, 2.24) is 5.32 Å². The van der Waals surface area contributed by atoms with Crippen molar-refractivity contribution in [2.45, 2.75) is 31.7 Å². The standard InChI is InChI=1S/C15H18N2O2/c1-15(6-8-19-9-7-15)17-14(18)10-12-2-4-13(11-16)5-3-12/h2-5H,6-10H2,1H3,(H,17,18). The topological polar surface area (TPSA) is 62.1 Å². The van der Waals surface area contributed by atoms with Crippen molar-refractivity contribution < 1.29 is 9.53 Å². The molecule has 1 fully saturated rings. The van der Waals surface area contributed by atoms with Gasteiger partial charge in [0.15, 0.2) is 0 Å². The number of hydrogen-bond donors (Lipinski definition) is 1. The number of nitrogens with zero attached hydrogens (tertiary/aromatic N) is 1. The second-order valence-corrected chi connectivity index (χ2v) is 5.21. The van der Waals surface area contributed by atoms with Gasteiger partial charge in [-0.05, 0) is 37.5 Å². The number of carbonyl (C=O) groups excluding carboxylic acids is 1. The highest BCUT2D eigenvalue weighted by molar-refractivity contribution is 5.79. The minimum Gasteiger partial charge on any atom is -0.381 e. The van der Waals surface area contributed by atoms with Crippen LogP contribution >= 0.6 is 0 Å². The molecule has 0 saturated carbocycles. The Morgan fingerprint density at radius 3 is 2.58 bits per heavy atom. The highest BCUT2D eigenvalue weighted by Crippen LogP contribution is 2.19. The van der Waals surface area contributed by atoms with Crippen molar-refractivity contribution >= 4 is 5.91 Å². The first-order valence-electron chi connectivity index (χ1n) is 6.49.